The zero-order valence-corrected chi connectivity index (χ0v) is 11.5. The Morgan fingerprint density at radius 2 is 2.21 bits per heavy atom. The molecule has 2 aromatic heterocycles. The topological polar surface area (TPSA) is 52.0 Å². The van der Waals surface area contributed by atoms with Gasteiger partial charge in [-0.15, -0.1) is 0 Å². The highest BCUT2D eigenvalue weighted by molar-refractivity contribution is 5.55. The third-order valence-electron chi connectivity index (χ3n) is 2.86. The minimum atomic E-state index is 0.768. The summed E-state index contributed by atoms with van der Waals surface area (Å²) in [7, 11) is 0. The first kappa shape index (κ1) is 13.5. The molecule has 5 nitrogen and oxygen atoms in total. The highest BCUT2D eigenvalue weighted by atomic mass is 16.5. The lowest BCUT2D eigenvalue weighted by atomic mass is 10.3. The molecule has 0 amide bonds. The van der Waals surface area contributed by atoms with Crippen LogP contribution in [0.1, 0.15) is 19.0 Å². The molecule has 1 N–H and O–H groups in total. The van der Waals surface area contributed by atoms with Gasteiger partial charge < -0.3 is 14.6 Å². The average molecular weight is 260 g/mol. The van der Waals surface area contributed by atoms with E-state index in [1.54, 1.807) is 12.4 Å². The molecule has 0 unspecified atom stereocenters. The van der Waals surface area contributed by atoms with Crippen molar-refractivity contribution in [2.75, 3.05) is 18.5 Å². The largest absolute Gasteiger partial charge is 0.382 e. The summed E-state index contributed by atoms with van der Waals surface area (Å²) < 4.78 is 7.43. The van der Waals surface area contributed by atoms with E-state index in [0.29, 0.717) is 0 Å². The molecular weight excluding hydrogens is 240 g/mol. The fraction of sp³-hybridized carbons (Fsp3) is 0.429. The molecule has 0 fully saturated rings. The molecule has 0 saturated heterocycles. The fourth-order valence-electron chi connectivity index (χ4n) is 1.83. The van der Waals surface area contributed by atoms with Crippen molar-refractivity contribution in [3.05, 3.63) is 36.4 Å². The van der Waals surface area contributed by atoms with Gasteiger partial charge in [-0.05, 0) is 32.4 Å². The van der Waals surface area contributed by atoms with Crippen LogP contribution in [-0.2, 0) is 11.3 Å². The maximum atomic E-state index is 5.34. The van der Waals surface area contributed by atoms with E-state index in [2.05, 4.69) is 19.9 Å². The fourth-order valence-corrected chi connectivity index (χ4v) is 1.83. The Balaban J connectivity index is 1.98. The second-order valence-corrected chi connectivity index (χ2v) is 4.26. The van der Waals surface area contributed by atoms with Crippen molar-refractivity contribution >= 4 is 11.6 Å². The van der Waals surface area contributed by atoms with Crippen LogP contribution >= 0.6 is 0 Å². The van der Waals surface area contributed by atoms with Gasteiger partial charge in [-0.1, -0.05) is 0 Å². The first-order valence-corrected chi connectivity index (χ1v) is 6.58. The second kappa shape index (κ2) is 6.89. The number of ether oxygens (including phenoxy) is 1. The Hall–Kier alpha value is -1.88. The van der Waals surface area contributed by atoms with Crippen LogP contribution in [0.2, 0.25) is 0 Å². The Morgan fingerprint density at radius 1 is 1.32 bits per heavy atom. The summed E-state index contributed by atoms with van der Waals surface area (Å²) in [5.74, 6) is 0.840. The minimum Gasteiger partial charge on any atom is -0.382 e. The molecule has 5 heteroatoms. The van der Waals surface area contributed by atoms with Crippen molar-refractivity contribution in [1.82, 2.24) is 14.5 Å². The summed E-state index contributed by atoms with van der Waals surface area (Å²) in [6.45, 7) is 6.42. The third-order valence-corrected chi connectivity index (χ3v) is 2.86. The van der Waals surface area contributed by atoms with E-state index < -0.39 is 0 Å². The monoisotopic (exact) mass is 260 g/mol. The molecule has 0 aliphatic rings. The van der Waals surface area contributed by atoms with Crippen LogP contribution in [0.3, 0.4) is 0 Å². The molecule has 0 aromatic carbocycles. The number of nitrogens with one attached hydrogen (secondary N) is 1. The maximum absolute atomic E-state index is 5.34. The van der Waals surface area contributed by atoms with Gasteiger partial charge in [-0.3, -0.25) is 4.98 Å². The normalized spacial score (nSPS) is 10.6. The predicted molar refractivity (Wildman–Crippen MR) is 75.6 cm³/mol. The molecule has 0 aliphatic carbocycles. The highest BCUT2D eigenvalue weighted by Gasteiger charge is 2.04. The number of nitrogens with zero attached hydrogens (tertiary/aromatic N) is 3. The summed E-state index contributed by atoms with van der Waals surface area (Å²) in [5, 5.41) is 3.31. The van der Waals surface area contributed by atoms with Gasteiger partial charge in [0.05, 0.1) is 11.4 Å². The molecule has 19 heavy (non-hydrogen) atoms. The van der Waals surface area contributed by atoms with Crippen molar-refractivity contribution in [2.24, 2.45) is 0 Å². The zero-order chi connectivity index (χ0) is 13.5. The molecule has 0 radical (unpaired) electrons. The van der Waals surface area contributed by atoms with E-state index in [-0.39, 0.29) is 0 Å². The van der Waals surface area contributed by atoms with Crippen LogP contribution in [0.25, 0.3) is 0 Å². The van der Waals surface area contributed by atoms with E-state index in [1.165, 1.54) is 0 Å². The van der Waals surface area contributed by atoms with Crippen LogP contribution in [0.15, 0.2) is 30.7 Å². The highest BCUT2D eigenvalue weighted by Crippen LogP contribution is 2.17. The van der Waals surface area contributed by atoms with Gasteiger partial charge in [0, 0.05) is 38.3 Å². The van der Waals surface area contributed by atoms with Crippen molar-refractivity contribution in [2.45, 2.75) is 26.8 Å². The summed E-state index contributed by atoms with van der Waals surface area (Å²) in [6.07, 6.45) is 6.54. The Morgan fingerprint density at radius 3 is 3.00 bits per heavy atom. The lowest BCUT2D eigenvalue weighted by Gasteiger charge is -2.11. The molecule has 0 spiro atoms. The van der Waals surface area contributed by atoms with Gasteiger partial charge in [-0.2, -0.15) is 0 Å². The maximum Gasteiger partial charge on any atom is 0.207 e. The second-order valence-electron chi connectivity index (χ2n) is 4.26. The summed E-state index contributed by atoms with van der Waals surface area (Å²) in [6, 6.07) is 3.92. The molecular formula is C14H20N4O. The Kier molecular flexibility index (Phi) is 4.92. The number of rotatable bonds is 7. The number of aromatic nitrogens is 3. The smallest absolute Gasteiger partial charge is 0.207 e. The van der Waals surface area contributed by atoms with Gasteiger partial charge in [0.15, 0.2) is 0 Å². The third kappa shape index (κ3) is 3.79. The standard InChI is InChI=1S/C14H20N4O/c1-3-19-11-5-9-18-10-8-16-14(18)17-13-6-4-7-15-12(13)2/h4,6-8,10H,3,5,9,11H2,1-2H3,(H,16,17). The number of hydrogen-bond donors (Lipinski definition) is 1. The number of aryl methyl sites for hydroxylation is 2. The molecule has 0 atom stereocenters. The Bertz CT molecular complexity index is 510. The van der Waals surface area contributed by atoms with E-state index in [1.807, 2.05) is 32.2 Å². The lowest BCUT2D eigenvalue weighted by molar-refractivity contribution is 0.142. The summed E-state index contributed by atoms with van der Waals surface area (Å²) >= 11 is 0. The van der Waals surface area contributed by atoms with E-state index in [4.69, 9.17) is 4.74 Å². The molecule has 0 saturated carbocycles. The van der Waals surface area contributed by atoms with Crippen LogP contribution in [0.5, 0.6) is 0 Å². The molecule has 0 aliphatic heterocycles. The summed E-state index contributed by atoms with van der Waals surface area (Å²) in [4.78, 5) is 8.59. The molecule has 102 valence electrons. The van der Waals surface area contributed by atoms with E-state index in [0.717, 1.165) is 43.5 Å². The van der Waals surface area contributed by atoms with Crippen LogP contribution in [0, 0.1) is 6.92 Å². The van der Waals surface area contributed by atoms with Crippen LogP contribution < -0.4 is 5.32 Å². The van der Waals surface area contributed by atoms with Crippen molar-refractivity contribution < 1.29 is 4.74 Å². The van der Waals surface area contributed by atoms with E-state index in [9.17, 15) is 0 Å². The first-order valence-electron chi connectivity index (χ1n) is 6.58. The average Bonchev–Trinajstić information content (AvgIpc) is 2.85. The number of anilines is 2. The minimum absolute atomic E-state index is 0.768. The van der Waals surface area contributed by atoms with Gasteiger partial charge in [-0.25, -0.2) is 4.98 Å². The molecule has 0 bridgehead atoms. The Labute approximate surface area is 113 Å². The molecule has 2 aromatic rings. The number of pyridine rings is 1. The van der Waals surface area contributed by atoms with Crippen LogP contribution in [0.4, 0.5) is 11.6 Å². The van der Waals surface area contributed by atoms with Gasteiger partial charge in [0.1, 0.15) is 0 Å². The molecule has 2 rings (SSSR count). The quantitative estimate of drug-likeness (QED) is 0.778. The molecule has 2 heterocycles. The van der Waals surface area contributed by atoms with Gasteiger partial charge in [0.25, 0.3) is 0 Å². The first-order chi connectivity index (χ1) is 9.31. The van der Waals surface area contributed by atoms with Gasteiger partial charge >= 0.3 is 0 Å². The number of hydrogen-bond acceptors (Lipinski definition) is 4. The predicted octanol–water partition coefficient (Wildman–Crippen LogP) is 2.76. The van der Waals surface area contributed by atoms with E-state index >= 15 is 0 Å². The van der Waals surface area contributed by atoms with Crippen LogP contribution in [-0.4, -0.2) is 27.7 Å². The number of imidazole rings is 1. The van der Waals surface area contributed by atoms with Crippen molar-refractivity contribution in [3.8, 4) is 0 Å². The summed E-state index contributed by atoms with van der Waals surface area (Å²) in [5.41, 5.74) is 1.95. The van der Waals surface area contributed by atoms with Gasteiger partial charge in [0.2, 0.25) is 5.95 Å². The van der Waals surface area contributed by atoms with Crippen molar-refractivity contribution in [1.29, 1.82) is 0 Å². The SMILES string of the molecule is CCOCCCn1ccnc1Nc1cccnc1C. The lowest BCUT2D eigenvalue weighted by Crippen LogP contribution is -2.06. The zero-order valence-electron chi connectivity index (χ0n) is 11.5. The van der Waals surface area contributed by atoms with Crippen molar-refractivity contribution in [3.63, 3.8) is 0 Å².